The number of fused-ring (bicyclic) bond motifs is 1. The first-order valence-electron chi connectivity index (χ1n) is 7.53. The van der Waals surface area contributed by atoms with Crippen molar-refractivity contribution in [3.63, 3.8) is 0 Å². The lowest BCUT2D eigenvalue weighted by Crippen LogP contribution is -2.37. The van der Waals surface area contributed by atoms with Gasteiger partial charge in [-0.3, -0.25) is 4.79 Å². The molecule has 5 nitrogen and oxygen atoms in total. The first-order chi connectivity index (χ1) is 11.3. The van der Waals surface area contributed by atoms with Gasteiger partial charge in [0.2, 0.25) is 5.91 Å². The van der Waals surface area contributed by atoms with E-state index in [1.165, 1.54) is 23.9 Å². The number of hydrogen-bond donors (Lipinski definition) is 0. The van der Waals surface area contributed by atoms with Gasteiger partial charge in [-0.1, -0.05) is 30.3 Å². The molecular formula is C15H16ClFN2O3S2. The van der Waals surface area contributed by atoms with Crippen molar-refractivity contribution >= 4 is 50.0 Å². The lowest BCUT2D eigenvalue weighted by molar-refractivity contribution is -0.117. The van der Waals surface area contributed by atoms with Gasteiger partial charge >= 0.3 is 0 Å². The zero-order chi connectivity index (χ0) is 17.5. The molecule has 3 rings (SSSR count). The number of carbonyl (C=O) groups excluding carboxylic acids is 1. The molecule has 2 atom stereocenters. The third-order valence-corrected chi connectivity index (χ3v) is 7.45. The fourth-order valence-corrected chi connectivity index (χ4v) is 6.93. The van der Waals surface area contributed by atoms with Crippen LogP contribution in [0.3, 0.4) is 0 Å². The molecule has 2 aliphatic heterocycles. The fourth-order valence-electron chi connectivity index (χ4n) is 2.88. The van der Waals surface area contributed by atoms with E-state index in [1.54, 1.807) is 11.0 Å². The van der Waals surface area contributed by atoms with E-state index in [-0.39, 0.29) is 33.7 Å². The molecule has 2 aliphatic rings. The SMILES string of the molecule is CCCC(=O)N=C1S[C@@H]2CS(=O)(=O)C[C@H]2N1c1ccc(Cl)c(F)c1. The Hall–Kier alpha value is -1.12. The van der Waals surface area contributed by atoms with Gasteiger partial charge in [0.05, 0.1) is 22.6 Å². The van der Waals surface area contributed by atoms with Gasteiger partial charge in [0.25, 0.3) is 0 Å². The van der Waals surface area contributed by atoms with E-state index in [1.807, 2.05) is 6.92 Å². The van der Waals surface area contributed by atoms with Crippen molar-refractivity contribution in [3.05, 3.63) is 29.0 Å². The van der Waals surface area contributed by atoms with E-state index < -0.39 is 15.7 Å². The Morgan fingerprint density at radius 2 is 2.21 bits per heavy atom. The van der Waals surface area contributed by atoms with E-state index in [0.717, 1.165) is 0 Å². The number of carbonyl (C=O) groups is 1. The van der Waals surface area contributed by atoms with Crippen LogP contribution in [0.15, 0.2) is 23.2 Å². The maximum absolute atomic E-state index is 13.8. The van der Waals surface area contributed by atoms with Crippen molar-refractivity contribution in [3.8, 4) is 0 Å². The maximum atomic E-state index is 13.8. The highest BCUT2D eigenvalue weighted by Gasteiger charge is 2.49. The van der Waals surface area contributed by atoms with Crippen LogP contribution in [0.25, 0.3) is 0 Å². The normalized spacial score (nSPS) is 26.8. The lowest BCUT2D eigenvalue weighted by Gasteiger charge is -2.24. The Kier molecular flexibility index (Phi) is 4.90. The number of benzene rings is 1. The fraction of sp³-hybridized carbons (Fsp3) is 0.467. The number of halogens is 2. The van der Waals surface area contributed by atoms with Crippen molar-refractivity contribution in [2.45, 2.75) is 31.1 Å². The van der Waals surface area contributed by atoms with Crippen molar-refractivity contribution in [1.29, 1.82) is 0 Å². The number of amides is 1. The summed E-state index contributed by atoms with van der Waals surface area (Å²) in [6, 6.07) is 3.92. The molecule has 2 fully saturated rings. The predicted molar refractivity (Wildman–Crippen MR) is 95.1 cm³/mol. The molecule has 0 aromatic heterocycles. The number of hydrogen-bond acceptors (Lipinski definition) is 4. The Bertz CT molecular complexity index is 813. The number of sulfone groups is 1. The molecule has 0 aliphatic carbocycles. The van der Waals surface area contributed by atoms with Crippen molar-refractivity contribution in [1.82, 2.24) is 0 Å². The molecule has 1 amide bonds. The number of amidine groups is 1. The van der Waals surface area contributed by atoms with Gasteiger partial charge in [-0.15, -0.1) is 0 Å². The van der Waals surface area contributed by atoms with Crippen LogP contribution in [-0.2, 0) is 14.6 Å². The third-order valence-electron chi connectivity index (χ3n) is 3.93. The lowest BCUT2D eigenvalue weighted by atomic mass is 10.2. The average molecular weight is 391 g/mol. The van der Waals surface area contributed by atoms with E-state index in [9.17, 15) is 17.6 Å². The molecule has 9 heteroatoms. The largest absolute Gasteiger partial charge is 0.315 e. The molecule has 2 saturated heterocycles. The summed E-state index contributed by atoms with van der Waals surface area (Å²) >= 11 is 7.00. The van der Waals surface area contributed by atoms with Gasteiger partial charge in [-0.2, -0.15) is 4.99 Å². The Morgan fingerprint density at radius 1 is 1.46 bits per heavy atom. The molecule has 0 radical (unpaired) electrons. The zero-order valence-corrected chi connectivity index (χ0v) is 15.3. The molecule has 0 N–H and O–H groups in total. The highest BCUT2D eigenvalue weighted by molar-refractivity contribution is 8.16. The number of anilines is 1. The molecule has 130 valence electrons. The Morgan fingerprint density at radius 3 is 2.88 bits per heavy atom. The van der Waals surface area contributed by atoms with Crippen LogP contribution in [0, 0.1) is 5.82 Å². The number of thioether (sulfide) groups is 1. The number of aliphatic imine (C=N–C) groups is 1. The summed E-state index contributed by atoms with van der Waals surface area (Å²) in [6.45, 7) is 1.88. The minimum absolute atomic E-state index is 0.0123. The minimum atomic E-state index is -3.15. The van der Waals surface area contributed by atoms with Gasteiger partial charge in [-0.05, 0) is 24.6 Å². The van der Waals surface area contributed by atoms with E-state index in [0.29, 0.717) is 23.7 Å². The molecule has 1 aromatic carbocycles. The van der Waals surface area contributed by atoms with Crippen LogP contribution < -0.4 is 4.90 Å². The molecule has 0 bridgehead atoms. The molecule has 24 heavy (non-hydrogen) atoms. The van der Waals surface area contributed by atoms with E-state index in [4.69, 9.17) is 11.6 Å². The highest BCUT2D eigenvalue weighted by Crippen LogP contribution is 2.41. The van der Waals surface area contributed by atoms with Gasteiger partial charge in [-0.25, -0.2) is 12.8 Å². The zero-order valence-electron chi connectivity index (χ0n) is 12.9. The first kappa shape index (κ1) is 17.7. The van der Waals surface area contributed by atoms with Crippen molar-refractivity contribution < 1.29 is 17.6 Å². The maximum Gasteiger partial charge on any atom is 0.248 e. The topological polar surface area (TPSA) is 66.8 Å². The summed E-state index contributed by atoms with van der Waals surface area (Å²) in [5, 5.41) is 0.212. The van der Waals surface area contributed by atoms with E-state index in [2.05, 4.69) is 4.99 Å². The second-order valence-corrected chi connectivity index (χ2v) is 9.57. The third kappa shape index (κ3) is 3.45. The second kappa shape index (κ2) is 6.65. The van der Waals surface area contributed by atoms with Gasteiger partial charge in [0.15, 0.2) is 15.0 Å². The van der Waals surface area contributed by atoms with Gasteiger partial charge in [0.1, 0.15) is 5.82 Å². The summed E-state index contributed by atoms with van der Waals surface area (Å²) in [7, 11) is -3.15. The number of rotatable bonds is 3. The van der Waals surface area contributed by atoms with E-state index >= 15 is 0 Å². The van der Waals surface area contributed by atoms with Crippen molar-refractivity contribution in [2.24, 2.45) is 4.99 Å². The van der Waals surface area contributed by atoms with Crippen LogP contribution in [0.4, 0.5) is 10.1 Å². The summed E-state index contributed by atoms with van der Waals surface area (Å²) < 4.78 is 37.7. The van der Waals surface area contributed by atoms with Crippen LogP contribution in [0.2, 0.25) is 5.02 Å². The van der Waals surface area contributed by atoms with Crippen molar-refractivity contribution in [2.75, 3.05) is 16.4 Å². The molecule has 0 saturated carbocycles. The minimum Gasteiger partial charge on any atom is -0.315 e. The van der Waals surface area contributed by atoms with Gasteiger partial charge in [0, 0.05) is 17.4 Å². The van der Waals surface area contributed by atoms with Crippen LogP contribution >= 0.6 is 23.4 Å². The Labute approximate surface area is 149 Å². The highest BCUT2D eigenvalue weighted by atomic mass is 35.5. The summed E-state index contributed by atoms with van der Waals surface area (Å²) in [4.78, 5) is 17.7. The Balaban J connectivity index is 2.01. The molecule has 1 aromatic rings. The quantitative estimate of drug-likeness (QED) is 0.793. The second-order valence-electron chi connectivity index (χ2n) is 5.81. The molecular weight excluding hydrogens is 375 g/mol. The standard InChI is InChI=1S/C15H16ClFN2O3S2/c1-2-3-14(20)18-15-19(9-4-5-10(16)11(17)6-9)12-7-24(21,22)8-13(12)23-15/h4-6,12-13H,2-3,7-8H2,1H3/t12-,13-/m1/s1. The number of nitrogens with zero attached hydrogens (tertiary/aromatic N) is 2. The van der Waals surface area contributed by atoms with Gasteiger partial charge < -0.3 is 4.90 Å². The molecule has 0 spiro atoms. The summed E-state index contributed by atoms with van der Waals surface area (Å²) in [5.41, 5.74) is 0.456. The van der Waals surface area contributed by atoms with Crippen LogP contribution in [0.5, 0.6) is 0 Å². The smallest absolute Gasteiger partial charge is 0.248 e. The average Bonchev–Trinajstić information content (AvgIpc) is 2.93. The monoisotopic (exact) mass is 390 g/mol. The summed E-state index contributed by atoms with van der Waals surface area (Å²) in [5.74, 6) is -0.851. The van der Waals surface area contributed by atoms with Crippen LogP contribution in [-0.4, -0.2) is 42.3 Å². The van der Waals surface area contributed by atoms with Crippen LogP contribution in [0.1, 0.15) is 19.8 Å². The first-order valence-corrected chi connectivity index (χ1v) is 10.6. The molecule has 2 heterocycles. The summed E-state index contributed by atoms with van der Waals surface area (Å²) in [6.07, 6.45) is 0.998. The predicted octanol–water partition coefficient (Wildman–Crippen LogP) is 2.88. The molecule has 0 unspecified atom stereocenters.